The van der Waals surface area contributed by atoms with Gasteiger partial charge < -0.3 is 5.32 Å². The van der Waals surface area contributed by atoms with Crippen molar-refractivity contribution in [1.29, 1.82) is 0 Å². The molecule has 2 aromatic carbocycles. The number of hydrogen-bond donors (Lipinski definition) is 2. The van der Waals surface area contributed by atoms with E-state index in [9.17, 15) is 13.2 Å². The topological polar surface area (TPSA) is 75.3 Å². The summed E-state index contributed by atoms with van der Waals surface area (Å²) in [6.45, 7) is 4.17. The predicted octanol–water partition coefficient (Wildman–Crippen LogP) is 3.62. The highest BCUT2D eigenvalue weighted by Crippen LogP contribution is 2.22. The minimum Gasteiger partial charge on any atom is -0.322 e. The van der Waals surface area contributed by atoms with Gasteiger partial charge in [0, 0.05) is 5.69 Å². The standard InChI is InChI=1S/C17H19ClN2O3S/c1-11(2)12-4-6-13(7-5-12)20-17(21)15-10-14(8-9-16(15)18)24(22,23)19-3/h4-11,19H,1-3H3,(H,20,21). The highest BCUT2D eigenvalue weighted by molar-refractivity contribution is 7.89. The highest BCUT2D eigenvalue weighted by atomic mass is 35.5. The fraction of sp³-hybridized carbons (Fsp3) is 0.235. The summed E-state index contributed by atoms with van der Waals surface area (Å²) in [5.74, 6) is -0.0712. The molecule has 0 radical (unpaired) electrons. The van der Waals surface area contributed by atoms with Crippen molar-refractivity contribution in [2.75, 3.05) is 12.4 Å². The molecule has 128 valence electrons. The van der Waals surface area contributed by atoms with E-state index in [2.05, 4.69) is 23.9 Å². The Kier molecular flexibility index (Phi) is 5.64. The van der Waals surface area contributed by atoms with E-state index in [-0.39, 0.29) is 15.5 Å². The molecule has 2 aromatic rings. The van der Waals surface area contributed by atoms with Gasteiger partial charge >= 0.3 is 0 Å². The van der Waals surface area contributed by atoms with Gasteiger partial charge in [0.1, 0.15) is 0 Å². The molecule has 0 saturated heterocycles. The number of sulfonamides is 1. The van der Waals surface area contributed by atoms with Crippen LogP contribution in [0.4, 0.5) is 5.69 Å². The number of hydrogen-bond acceptors (Lipinski definition) is 3. The Labute approximate surface area is 147 Å². The summed E-state index contributed by atoms with van der Waals surface area (Å²) in [4.78, 5) is 12.4. The second-order valence-corrected chi connectivity index (χ2v) is 7.87. The molecule has 0 bridgehead atoms. The quantitative estimate of drug-likeness (QED) is 0.848. The number of anilines is 1. The van der Waals surface area contributed by atoms with Crippen molar-refractivity contribution in [2.24, 2.45) is 0 Å². The normalized spacial score (nSPS) is 11.5. The maximum Gasteiger partial charge on any atom is 0.257 e. The van der Waals surface area contributed by atoms with Gasteiger partial charge in [-0.25, -0.2) is 13.1 Å². The van der Waals surface area contributed by atoms with Crippen LogP contribution in [-0.2, 0) is 10.0 Å². The zero-order chi connectivity index (χ0) is 17.9. The minimum absolute atomic E-state index is 0.0188. The molecule has 2 N–H and O–H groups in total. The van der Waals surface area contributed by atoms with E-state index in [0.717, 1.165) is 5.56 Å². The van der Waals surface area contributed by atoms with Crippen LogP contribution in [-0.4, -0.2) is 21.4 Å². The first-order chi connectivity index (χ1) is 11.2. The molecule has 0 atom stereocenters. The van der Waals surface area contributed by atoms with Gasteiger partial charge in [-0.3, -0.25) is 4.79 Å². The number of carbonyl (C=O) groups is 1. The van der Waals surface area contributed by atoms with Crippen LogP contribution in [0.5, 0.6) is 0 Å². The van der Waals surface area contributed by atoms with Crippen molar-refractivity contribution >= 4 is 33.2 Å². The van der Waals surface area contributed by atoms with E-state index >= 15 is 0 Å². The van der Waals surface area contributed by atoms with E-state index in [4.69, 9.17) is 11.6 Å². The molecular weight excluding hydrogens is 348 g/mol. The average Bonchev–Trinajstić information content (AvgIpc) is 2.55. The molecule has 1 amide bonds. The van der Waals surface area contributed by atoms with Crippen LogP contribution in [0.25, 0.3) is 0 Å². The Bertz CT molecular complexity index is 847. The average molecular weight is 367 g/mol. The van der Waals surface area contributed by atoms with Gasteiger partial charge in [0.2, 0.25) is 10.0 Å². The van der Waals surface area contributed by atoms with Crippen molar-refractivity contribution in [3.63, 3.8) is 0 Å². The summed E-state index contributed by atoms with van der Waals surface area (Å²) in [6, 6.07) is 11.5. The van der Waals surface area contributed by atoms with Crippen molar-refractivity contribution in [3.05, 3.63) is 58.6 Å². The molecule has 0 aliphatic rings. The number of amides is 1. The highest BCUT2D eigenvalue weighted by Gasteiger charge is 2.17. The van der Waals surface area contributed by atoms with Gasteiger partial charge in [0.05, 0.1) is 15.5 Å². The molecular formula is C17H19ClN2O3S. The SMILES string of the molecule is CNS(=O)(=O)c1ccc(Cl)c(C(=O)Nc2ccc(C(C)C)cc2)c1. The van der Waals surface area contributed by atoms with Gasteiger partial charge in [0.25, 0.3) is 5.91 Å². The minimum atomic E-state index is -3.65. The molecule has 0 fully saturated rings. The molecule has 0 spiro atoms. The second-order valence-electron chi connectivity index (χ2n) is 5.58. The molecule has 0 saturated carbocycles. The lowest BCUT2D eigenvalue weighted by molar-refractivity contribution is 0.102. The van der Waals surface area contributed by atoms with Crippen LogP contribution < -0.4 is 10.0 Å². The fourth-order valence-electron chi connectivity index (χ4n) is 2.11. The van der Waals surface area contributed by atoms with Crippen molar-refractivity contribution in [2.45, 2.75) is 24.7 Å². The van der Waals surface area contributed by atoms with Crippen LogP contribution >= 0.6 is 11.6 Å². The first-order valence-corrected chi connectivity index (χ1v) is 9.25. The molecule has 2 rings (SSSR count). The van der Waals surface area contributed by atoms with Crippen LogP contribution in [0.1, 0.15) is 35.7 Å². The van der Waals surface area contributed by atoms with E-state index < -0.39 is 15.9 Å². The molecule has 0 aliphatic carbocycles. The molecule has 0 aromatic heterocycles. The van der Waals surface area contributed by atoms with Gasteiger partial charge in [-0.2, -0.15) is 0 Å². The van der Waals surface area contributed by atoms with Gasteiger partial charge in [0.15, 0.2) is 0 Å². The lowest BCUT2D eigenvalue weighted by atomic mass is 10.0. The lowest BCUT2D eigenvalue weighted by Gasteiger charge is -2.10. The Balaban J connectivity index is 2.28. The molecule has 5 nitrogen and oxygen atoms in total. The largest absolute Gasteiger partial charge is 0.322 e. The maximum absolute atomic E-state index is 12.4. The third kappa shape index (κ3) is 4.14. The summed E-state index contributed by atoms with van der Waals surface area (Å²) in [6.07, 6.45) is 0. The summed E-state index contributed by atoms with van der Waals surface area (Å²) >= 11 is 6.04. The summed E-state index contributed by atoms with van der Waals surface area (Å²) in [5, 5.41) is 2.91. The second kappa shape index (κ2) is 7.34. The van der Waals surface area contributed by atoms with Crippen molar-refractivity contribution in [3.8, 4) is 0 Å². The zero-order valence-corrected chi connectivity index (χ0v) is 15.2. The predicted molar refractivity (Wildman–Crippen MR) is 96.2 cm³/mol. The molecule has 24 heavy (non-hydrogen) atoms. The number of carbonyl (C=O) groups excluding carboxylic acids is 1. The monoisotopic (exact) mass is 366 g/mol. The fourth-order valence-corrected chi connectivity index (χ4v) is 3.07. The third-order valence-corrected chi connectivity index (χ3v) is 5.34. The lowest BCUT2D eigenvalue weighted by Crippen LogP contribution is -2.20. The Morgan fingerprint density at radius 3 is 2.25 bits per heavy atom. The summed E-state index contributed by atoms with van der Waals surface area (Å²) in [5.41, 5.74) is 1.87. The van der Waals surface area contributed by atoms with E-state index in [1.807, 2.05) is 12.1 Å². The van der Waals surface area contributed by atoms with E-state index in [0.29, 0.717) is 11.6 Å². The van der Waals surface area contributed by atoms with Crippen LogP contribution in [0, 0.1) is 0 Å². The third-order valence-electron chi connectivity index (χ3n) is 3.60. The first-order valence-electron chi connectivity index (χ1n) is 7.39. The van der Waals surface area contributed by atoms with E-state index in [1.54, 1.807) is 12.1 Å². The maximum atomic E-state index is 12.4. The Morgan fingerprint density at radius 1 is 1.08 bits per heavy atom. The van der Waals surface area contributed by atoms with Crippen molar-refractivity contribution in [1.82, 2.24) is 4.72 Å². The summed E-state index contributed by atoms with van der Waals surface area (Å²) < 4.78 is 25.9. The zero-order valence-electron chi connectivity index (χ0n) is 13.6. The smallest absolute Gasteiger partial charge is 0.257 e. The van der Waals surface area contributed by atoms with Gasteiger partial charge in [-0.1, -0.05) is 37.6 Å². The molecule has 0 heterocycles. The van der Waals surface area contributed by atoms with Crippen LogP contribution in [0.2, 0.25) is 5.02 Å². The van der Waals surface area contributed by atoms with Gasteiger partial charge in [-0.15, -0.1) is 0 Å². The number of benzene rings is 2. The first kappa shape index (κ1) is 18.4. The van der Waals surface area contributed by atoms with E-state index in [1.165, 1.54) is 25.2 Å². The van der Waals surface area contributed by atoms with Gasteiger partial charge in [-0.05, 0) is 48.9 Å². The molecule has 0 aliphatic heterocycles. The van der Waals surface area contributed by atoms with Crippen LogP contribution in [0.15, 0.2) is 47.4 Å². The Morgan fingerprint density at radius 2 is 1.71 bits per heavy atom. The Hall–Kier alpha value is -1.89. The molecule has 0 unspecified atom stereocenters. The molecule has 7 heteroatoms. The number of halogens is 1. The van der Waals surface area contributed by atoms with Crippen molar-refractivity contribution < 1.29 is 13.2 Å². The van der Waals surface area contributed by atoms with Crippen LogP contribution in [0.3, 0.4) is 0 Å². The summed E-state index contributed by atoms with van der Waals surface area (Å²) in [7, 11) is -2.34. The number of rotatable bonds is 5. The number of nitrogens with one attached hydrogen (secondary N) is 2.